The minimum absolute atomic E-state index is 0.0623. The van der Waals surface area contributed by atoms with Crippen LogP contribution >= 0.6 is 11.6 Å². The van der Waals surface area contributed by atoms with Gasteiger partial charge in [0, 0.05) is 16.8 Å². The van der Waals surface area contributed by atoms with E-state index in [1.54, 1.807) is 61.2 Å². The summed E-state index contributed by atoms with van der Waals surface area (Å²) in [5.74, 6) is 1.32. The molecule has 134 valence electrons. The Morgan fingerprint density at radius 1 is 1.08 bits per heavy atom. The molecule has 1 N–H and O–H groups in total. The van der Waals surface area contributed by atoms with Gasteiger partial charge in [0.1, 0.15) is 5.82 Å². The van der Waals surface area contributed by atoms with Gasteiger partial charge in [-0.15, -0.1) is 5.10 Å². The fourth-order valence-corrected chi connectivity index (χ4v) is 2.54. The lowest BCUT2D eigenvalue weighted by atomic mass is 10.2. The first kappa shape index (κ1) is 17.8. The van der Waals surface area contributed by atoms with E-state index in [9.17, 15) is 4.79 Å². The normalized spacial score (nSPS) is 10.5. The highest BCUT2D eigenvalue weighted by Crippen LogP contribution is 2.29. The van der Waals surface area contributed by atoms with Gasteiger partial charge in [-0.3, -0.25) is 4.79 Å². The number of aryl methyl sites for hydroxylation is 1. The van der Waals surface area contributed by atoms with Crippen molar-refractivity contribution in [3.8, 4) is 17.2 Å². The molecular formula is C18H17ClN4O3. The molecule has 26 heavy (non-hydrogen) atoms. The number of carbonyl (C=O) groups is 1. The molecule has 0 bridgehead atoms. The Kier molecular flexibility index (Phi) is 5.09. The molecule has 3 aromatic rings. The van der Waals surface area contributed by atoms with E-state index in [0.717, 1.165) is 5.69 Å². The first-order chi connectivity index (χ1) is 12.5. The van der Waals surface area contributed by atoms with Gasteiger partial charge in [-0.1, -0.05) is 11.6 Å². The average Bonchev–Trinajstić information content (AvgIpc) is 3.04. The van der Waals surface area contributed by atoms with Gasteiger partial charge < -0.3 is 14.8 Å². The quantitative estimate of drug-likeness (QED) is 0.741. The van der Waals surface area contributed by atoms with Crippen LogP contribution in [0.4, 0.5) is 5.69 Å². The maximum absolute atomic E-state index is 12.5. The molecule has 0 saturated heterocycles. The third-order valence-electron chi connectivity index (χ3n) is 3.68. The fourth-order valence-electron chi connectivity index (χ4n) is 2.41. The summed E-state index contributed by atoms with van der Waals surface area (Å²) in [6.45, 7) is 1.77. The summed E-state index contributed by atoms with van der Waals surface area (Å²) < 4.78 is 12.0. The predicted molar refractivity (Wildman–Crippen MR) is 98.6 cm³/mol. The van der Waals surface area contributed by atoms with E-state index < -0.39 is 5.91 Å². The Bertz CT molecular complexity index is 938. The summed E-state index contributed by atoms with van der Waals surface area (Å²) in [5.41, 5.74) is 1.32. The second-order valence-corrected chi connectivity index (χ2v) is 5.83. The molecule has 0 fully saturated rings. The molecule has 7 nitrogen and oxygen atoms in total. The molecule has 0 spiro atoms. The number of ether oxygens (including phenoxy) is 2. The van der Waals surface area contributed by atoms with Crippen molar-refractivity contribution in [2.24, 2.45) is 0 Å². The summed E-state index contributed by atoms with van der Waals surface area (Å²) in [5, 5.41) is 7.65. The molecule has 0 aliphatic heterocycles. The number of hydrogen-bond donors (Lipinski definition) is 1. The summed E-state index contributed by atoms with van der Waals surface area (Å²) in [7, 11) is 3.08. The van der Waals surface area contributed by atoms with Crippen LogP contribution in [0.5, 0.6) is 11.5 Å². The van der Waals surface area contributed by atoms with Gasteiger partial charge in [0.05, 0.1) is 19.9 Å². The molecule has 0 radical (unpaired) electrons. The first-order valence-electron chi connectivity index (χ1n) is 7.75. The van der Waals surface area contributed by atoms with E-state index in [-0.39, 0.29) is 5.82 Å². The van der Waals surface area contributed by atoms with E-state index in [1.165, 1.54) is 7.11 Å². The first-order valence-corrected chi connectivity index (χ1v) is 8.12. The number of amides is 1. The Hall–Kier alpha value is -3.06. The van der Waals surface area contributed by atoms with Crippen LogP contribution < -0.4 is 14.8 Å². The van der Waals surface area contributed by atoms with Gasteiger partial charge in [0.2, 0.25) is 5.82 Å². The molecular weight excluding hydrogens is 356 g/mol. The number of methoxy groups -OCH3 is 2. The number of carbonyl (C=O) groups excluding carboxylic acids is 1. The summed E-state index contributed by atoms with van der Waals surface area (Å²) >= 11 is 5.90. The zero-order chi connectivity index (χ0) is 18.7. The van der Waals surface area contributed by atoms with Crippen LogP contribution in [0.1, 0.15) is 16.4 Å². The zero-order valence-electron chi connectivity index (χ0n) is 14.5. The van der Waals surface area contributed by atoms with Crippen molar-refractivity contribution in [3.05, 3.63) is 59.1 Å². The second-order valence-electron chi connectivity index (χ2n) is 5.39. The molecule has 0 atom stereocenters. The molecule has 0 unspecified atom stereocenters. The maximum Gasteiger partial charge on any atom is 0.295 e. The number of nitrogens with one attached hydrogen (secondary N) is 1. The lowest BCUT2D eigenvalue weighted by molar-refractivity contribution is 0.101. The van der Waals surface area contributed by atoms with Crippen molar-refractivity contribution in [2.75, 3.05) is 19.5 Å². The van der Waals surface area contributed by atoms with Gasteiger partial charge in [-0.05, 0) is 43.3 Å². The number of halogens is 1. The van der Waals surface area contributed by atoms with Crippen LogP contribution in [0.2, 0.25) is 5.02 Å². The molecule has 3 rings (SSSR count). The van der Waals surface area contributed by atoms with Crippen molar-refractivity contribution in [2.45, 2.75) is 6.92 Å². The highest BCUT2D eigenvalue weighted by Gasteiger charge is 2.16. The minimum atomic E-state index is -0.423. The van der Waals surface area contributed by atoms with Crippen LogP contribution in [-0.4, -0.2) is 34.9 Å². The smallest absolute Gasteiger partial charge is 0.295 e. The molecule has 1 amide bonds. The van der Waals surface area contributed by atoms with E-state index in [2.05, 4.69) is 15.4 Å². The van der Waals surface area contributed by atoms with Crippen LogP contribution in [-0.2, 0) is 0 Å². The zero-order valence-corrected chi connectivity index (χ0v) is 15.2. The van der Waals surface area contributed by atoms with Crippen LogP contribution in [0.15, 0.2) is 42.5 Å². The number of nitrogens with zero attached hydrogens (tertiary/aromatic N) is 3. The van der Waals surface area contributed by atoms with Crippen molar-refractivity contribution < 1.29 is 14.3 Å². The highest BCUT2D eigenvalue weighted by molar-refractivity contribution is 6.30. The van der Waals surface area contributed by atoms with Crippen LogP contribution in [0.25, 0.3) is 5.69 Å². The molecule has 0 aliphatic rings. The minimum Gasteiger partial charge on any atom is -0.493 e. The molecule has 1 heterocycles. The van der Waals surface area contributed by atoms with Gasteiger partial charge in [-0.25, -0.2) is 9.67 Å². The standard InChI is InChI=1S/C18H17ClN4O3/c1-11-20-17(22-23(11)14-7-4-12(19)5-8-14)18(24)21-13-6-9-15(25-2)16(10-13)26-3/h4-10H,1-3H3,(H,21,24). The van der Waals surface area contributed by atoms with Crippen LogP contribution in [0, 0.1) is 6.92 Å². The van der Waals surface area contributed by atoms with E-state index in [1.807, 2.05) is 0 Å². The average molecular weight is 373 g/mol. The van der Waals surface area contributed by atoms with E-state index >= 15 is 0 Å². The Labute approximate surface area is 155 Å². The molecule has 8 heteroatoms. The second kappa shape index (κ2) is 7.45. The fraction of sp³-hybridized carbons (Fsp3) is 0.167. The number of rotatable bonds is 5. The molecule has 1 aromatic heterocycles. The van der Waals surface area contributed by atoms with Crippen molar-refractivity contribution in [1.29, 1.82) is 0 Å². The van der Waals surface area contributed by atoms with Gasteiger partial charge >= 0.3 is 0 Å². The Morgan fingerprint density at radius 2 is 1.77 bits per heavy atom. The topological polar surface area (TPSA) is 78.3 Å². The van der Waals surface area contributed by atoms with Gasteiger partial charge in [0.25, 0.3) is 5.91 Å². The molecule has 2 aromatic carbocycles. The summed E-state index contributed by atoms with van der Waals surface area (Å²) in [6.07, 6.45) is 0. The van der Waals surface area contributed by atoms with Crippen molar-refractivity contribution in [1.82, 2.24) is 14.8 Å². The predicted octanol–water partition coefficient (Wildman–Crippen LogP) is 3.50. The monoisotopic (exact) mass is 372 g/mol. The number of aromatic nitrogens is 3. The van der Waals surface area contributed by atoms with Gasteiger partial charge in [0.15, 0.2) is 11.5 Å². The van der Waals surface area contributed by atoms with E-state index in [4.69, 9.17) is 21.1 Å². The van der Waals surface area contributed by atoms with E-state index in [0.29, 0.717) is 28.0 Å². The third-order valence-corrected chi connectivity index (χ3v) is 3.94. The number of hydrogen-bond acceptors (Lipinski definition) is 5. The van der Waals surface area contributed by atoms with Crippen LogP contribution in [0.3, 0.4) is 0 Å². The maximum atomic E-state index is 12.5. The molecule has 0 saturated carbocycles. The Morgan fingerprint density at radius 3 is 2.42 bits per heavy atom. The lowest BCUT2D eigenvalue weighted by Gasteiger charge is -2.09. The lowest BCUT2D eigenvalue weighted by Crippen LogP contribution is -2.14. The third kappa shape index (κ3) is 3.62. The Balaban J connectivity index is 1.83. The summed E-state index contributed by atoms with van der Waals surface area (Å²) in [6, 6.07) is 12.2. The molecule has 0 aliphatic carbocycles. The number of anilines is 1. The van der Waals surface area contributed by atoms with Crippen molar-refractivity contribution >= 4 is 23.2 Å². The van der Waals surface area contributed by atoms with Crippen molar-refractivity contribution in [3.63, 3.8) is 0 Å². The largest absolute Gasteiger partial charge is 0.493 e. The highest BCUT2D eigenvalue weighted by atomic mass is 35.5. The van der Waals surface area contributed by atoms with Gasteiger partial charge in [-0.2, -0.15) is 0 Å². The number of benzene rings is 2. The summed E-state index contributed by atoms with van der Waals surface area (Å²) in [4.78, 5) is 16.7. The SMILES string of the molecule is COc1ccc(NC(=O)c2nc(C)n(-c3ccc(Cl)cc3)n2)cc1OC.